The van der Waals surface area contributed by atoms with Gasteiger partial charge < -0.3 is 15.1 Å². The molecule has 0 bridgehead atoms. The van der Waals surface area contributed by atoms with Crippen molar-refractivity contribution in [3.05, 3.63) is 54.1 Å². The highest BCUT2D eigenvalue weighted by Gasteiger charge is 2.16. The highest BCUT2D eigenvalue weighted by molar-refractivity contribution is 5.96. The molecule has 152 valence electrons. The fourth-order valence-corrected chi connectivity index (χ4v) is 3.51. The van der Waals surface area contributed by atoms with Gasteiger partial charge in [0.15, 0.2) is 5.78 Å². The number of ketones is 1. The summed E-state index contributed by atoms with van der Waals surface area (Å²) in [7, 11) is 0. The minimum atomic E-state index is -0.180. The van der Waals surface area contributed by atoms with Gasteiger partial charge in [0.25, 0.3) is 0 Å². The monoisotopic (exact) mass is 393 g/mol. The molecule has 2 amide bonds. The summed E-state index contributed by atoms with van der Waals surface area (Å²) < 4.78 is 0. The number of nitrogens with zero attached hydrogens (tertiary/aromatic N) is 2. The smallest absolute Gasteiger partial charge is 0.226 e. The van der Waals surface area contributed by atoms with E-state index in [9.17, 15) is 14.4 Å². The Balaban J connectivity index is 1.58. The predicted molar refractivity (Wildman–Crippen MR) is 116 cm³/mol. The molecule has 0 radical (unpaired) electrons. The van der Waals surface area contributed by atoms with Crippen LogP contribution in [-0.4, -0.2) is 37.2 Å². The maximum absolute atomic E-state index is 12.3. The number of carbonyl (C=O) groups excluding carboxylic acids is 3. The molecule has 0 unspecified atom stereocenters. The summed E-state index contributed by atoms with van der Waals surface area (Å²) in [5, 5.41) is 2.81. The van der Waals surface area contributed by atoms with Crippen LogP contribution in [0, 0.1) is 0 Å². The summed E-state index contributed by atoms with van der Waals surface area (Å²) in [6.07, 6.45) is 2.61. The van der Waals surface area contributed by atoms with E-state index in [0.717, 1.165) is 18.8 Å². The van der Waals surface area contributed by atoms with Gasteiger partial charge in [0.1, 0.15) is 0 Å². The van der Waals surface area contributed by atoms with Crippen molar-refractivity contribution in [2.24, 2.45) is 0 Å². The van der Waals surface area contributed by atoms with Crippen LogP contribution in [0.15, 0.2) is 48.5 Å². The zero-order valence-corrected chi connectivity index (χ0v) is 17.0. The van der Waals surface area contributed by atoms with E-state index in [0.29, 0.717) is 17.8 Å². The average Bonchev–Trinajstić information content (AvgIpc) is 3.23. The van der Waals surface area contributed by atoms with Crippen molar-refractivity contribution in [3.8, 4) is 0 Å². The van der Waals surface area contributed by atoms with E-state index in [1.807, 2.05) is 24.3 Å². The molecule has 0 spiro atoms. The van der Waals surface area contributed by atoms with Crippen molar-refractivity contribution in [3.63, 3.8) is 0 Å². The molecule has 3 rings (SSSR count). The molecule has 2 aromatic carbocycles. The number of nitrogens with one attached hydrogen (secondary N) is 1. The van der Waals surface area contributed by atoms with Crippen LogP contribution in [0.1, 0.15) is 43.5 Å². The number of amides is 2. The third-order valence-corrected chi connectivity index (χ3v) is 5.15. The zero-order chi connectivity index (χ0) is 20.8. The topological polar surface area (TPSA) is 69.7 Å². The van der Waals surface area contributed by atoms with Crippen LogP contribution in [0.3, 0.4) is 0 Å². The highest BCUT2D eigenvalue weighted by Crippen LogP contribution is 2.24. The number of hydrogen-bond acceptors (Lipinski definition) is 4. The lowest BCUT2D eigenvalue weighted by molar-refractivity contribution is -0.117. The Morgan fingerprint density at radius 1 is 0.931 bits per heavy atom. The molecule has 1 aliphatic rings. The van der Waals surface area contributed by atoms with E-state index in [-0.39, 0.29) is 24.0 Å². The summed E-state index contributed by atoms with van der Waals surface area (Å²) in [6, 6.07) is 14.7. The lowest BCUT2D eigenvalue weighted by Gasteiger charge is -2.23. The van der Waals surface area contributed by atoms with Gasteiger partial charge in [-0.25, -0.2) is 0 Å². The van der Waals surface area contributed by atoms with Gasteiger partial charge in [0, 0.05) is 55.6 Å². The summed E-state index contributed by atoms with van der Waals surface area (Å²) in [5.74, 6) is -0.297. The van der Waals surface area contributed by atoms with Gasteiger partial charge in [-0.15, -0.1) is 0 Å². The number of benzene rings is 2. The van der Waals surface area contributed by atoms with Crippen LogP contribution in [-0.2, 0) is 9.59 Å². The Labute approximate surface area is 171 Å². The molecule has 1 aliphatic heterocycles. The van der Waals surface area contributed by atoms with Gasteiger partial charge in [-0.2, -0.15) is 0 Å². The molecule has 0 aromatic heterocycles. The third-order valence-electron chi connectivity index (χ3n) is 5.15. The Morgan fingerprint density at radius 3 is 2.10 bits per heavy atom. The Hall–Kier alpha value is -3.15. The van der Waals surface area contributed by atoms with Gasteiger partial charge in [0.05, 0.1) is 0 Å². The number of carbonyl (C=O) groups is 3. The first kappa shape index (κ1) is 20.6. The van der Waals surface area contributed by atoms with E-state index >= 15 is 0 Å². The molecule has 0 saturated carbocycles. The second kappa shape index (κ2) is 9.37. The number of hydrogen-bond donors (Lipinski definition) is 1. The standard InChI is InChI=1S/C23H27N3O3/c1-17(27)19-5-7-20(8-6-19)24-23(29)13-16-26(18(2)28)22-11-9-21(10-12-22)25-14-3-4-15-25/h5-12H,3-4,13-16H2,1-2H3,(H,24,29). The van der Waals surface area contributed by atoms with E-state index < -0.39 is 0 Å². The van der Waals surface area contributed by atoms with Crippen molar-refractivity contribution in [1.29, 1.82) is 0 Å². The quantitative estimate of drug-likeness (QED) is 0.725. The van der Waals surface area contributed by atoms with Crippen LogP contribution in [0.5, 0.6) is 0 Å². The molecule has 6 nitrogen and oxygen atoms in total. The largest absolute Gasteiger partial charge is 0.372 e. The minimum absolute atomic E-state index is 0.0178. The van der Waals surface area contributed by atoms with Crippen LogP contribution < -0.4 is 15.1 Å². The SMILES string of the molecule is CC(=O)c1ccc(NC(=O)CCN(C(C)=O)c2ccc(N3CCCC3)cc2)cc1. The minimum Gasteiger partial charge on any atom is -0.372 e. The fraction of sp³-hybridized carbons (Fsp3) is 0.348. The van der Waals surface area contributed by atoms with E-state index in [1.54, 1.807) is 29.2 Å². The molecule has 1 N–H and O–H groups in total. The number of Topliss-reactive ketones (excluding diaryl/α,β-unsaturated/α-hetero) is 1. The van der Waals surface area contributed by atoms with Crippen LogP contribution in [0.25, 0.3) is 0 Å². The molecule has 1 fully saturated rings. The lowest BCUT2D eigenvalue weighted by Crippen LogP contribution is -2.32. The van der Waals surface area contributed by atoms with E-state index in [1.165, 1.54) is 32.4 Å². The molecule has 0 aliphatic carbocycles. The van der Waals surface area contributed by atoms with Gasteiger partial charge in [-0.05, 0) is 68.3 Å². The third kappa shape index (κ3) is 5.44. The van der Waals surface area contributed by atoms with Crippen molar-refractivity contribution in [1.82, 2.24) is 0 Å². The number of rotatable bonds is 7. The fourth-order valence-electron chi connectivity index (χ4n) is 3.51. The molecule has 6 heteroatoms. The first-order valence-electron chi connectivity index (χ1n) is 9.98. The molecule has 29 heavy (non-hydrogen) atoms. The Bertz CT molecular complexity index is 869. The zero-order valence-electron chi connectivity index (χ0n) is 17.0. The second-order valence-electron chi connectivity index (χ2n) is 7.31. The molecule has 0 atom stereocenters. The first-order chi connectivity index (χ1) is 13.9. The predicted octanol–water partition coefficient (Wildman–Crippen LogP) is 3.87. The number of anilines is 3. The Kier molecular flexibility index (Phi) is 6.65. The molecule has 1 saturated heterocycles. The molecular formula is C23H27N3O3. The van der Waals surface area contributed by atoms with Gasteiger partial charge in [-0.1, -0.05) is 0 Å². The van der Waals surface area contributed by atoms with Gasteiger partial charge >= 0.3 is 0 Å². The lowest BCUT2D eigenvalue weighted by atomic mass is 10.1. The summed E-state index contributed by atoms with van der Waals surface area (Å²) in [4.78, 5) is 39.7. The second-order valence-corrected chi connectivity index (χ2v) is 7.31. The summed E-state index contributed by atoms with van der Waals surface area (Å²) in [5.41, 5.74) is 3.19. The summed E-state index contributed by atoms with van der Waals surface area (Å²) in [6.45, 7) is 5.46. The highest BCUT2D eigenvalue weighted by atomic mass is 16.2. The summed E-state index contributed by atoms with van der Waals surface area (Å²) >= 11 is 0. The Morgan fingerprint density at radius 2 is 1.55 bits per heavy atom. The van der Waals surface area contributed by atoms with Gasteiger partial charge in [-0.3, -0.25) is 14.4 Å². The average molecular weight is 393 g/mol. The van der Waals surface area contributed by atoms with Crippen LogP contribution in [0.4, 0.5) is 17.1 Å². The van der Waals surface area contributed by atoms with E-state index in [4.69, 9.17) is 0 Å². The van der Waals surface area contributed by atoms with Crippen LogP contribution in [0.2, 0.25) is 0 Å². The van der Waals surface area contributed by atoms with Crippen LogP contribution >= 0.6 is 0 Å². The molecule has 1 heterocycles. The molecule has 2 aromatic rings. The van der Waals surface area contributed by atoms with Gasteiger partial charge in [0.2, 0.25) is 11.8 Å². The van der Waals surface area contributed by atoms with Crippen molar-refractivity contribution < 1.29 is 14.4 Å². The molecular weight excluding hydrogens is 366 g/mol. The van der Waals surface area contributed by atoms with E-state index in [2.05, 4.69) is 10.2 Å². The first-order valence-corrected chi connectivity index (χ1v) is 9.98. The van der Waals surface area contributed by atoms with Crippen molar-refractivity contribution in [2.75, 3.05) is 34.8 Å². The normalized spacial score (nSPS) is 13.2. The maximum atomic E-state index is 12.3. The van der Waals surface area contributed by atoms with Crippen molar-refractivity contribution >= 4 is 34.7 Å². The maximum Gasteiger partial charge on any atom is 0.226 e. The van der Waals surface area contributed by atoms with Crippen molar-refractivity contribution in [2.45, 2.75) is 33.1 Å².